The number of rotatable bonds is 6. The zero-order chi connectivity index (χ0) is 15.4. The van der Waals surface area contributed by atoms with Crippen LogP contribution in [0.5, 0.6) is 0 Å². The summed E-state index contributed by atoms with van der Waals surface area (Å²) in [5, 5.41) is 11.9. The molecule has 3 unspecified atom stereocenters. The van der Waals surface area contributed by atoms with E-state index in [1.54, 1.807) is 0 Å². The lowest BCUT2D eigenvalue weighted by molar-refractivity contribution is 0.184. The van der Waals surface area contributed by atoms with Crippen LogP contribution in [0, 0.1) is 23.7 Å². The first-order chi connectivity index (χ1) is 9.99. The first kappa shape index (κ1) is 16.5. The Morgan fingerprint density at radius 1 is 1.29 bits per heavy atom. The second-order valence-corrected chi connectivity index (χ2v) is 7.52. The molecule has 1 fully saturated rings. The fourth-order valence-corrected chi connectivity index (χ4v) is 3.67. The second kappa shape index (κ2) is 7.39. The minimum Gasteiger partial charge on any atom is -0.316 e. The van der Waals surface area contributed by atoms with Gasteiger partial charge in [-0.3, -0.25) is 4.68 Å². The number of aromatic nitrogens is 3. The number of hydrogen-bond donors (Lipinski definition) is 1. The van der Waals surface area contributed by atoms with Crippen molar-refractivity contribution < 1.29 is 0 Å². The molecule has 4 nitrogen and oxygen atoms in total. The summed E-state index contributed by atoms with van der Waals surface area (Å²) >= 11 is 0. The molecule has 4 heteroatoms. The predicted molar refractivity (Wildman–Crippen MR) is 87.1 cm³/mol. The molecule has 120 valence electrons. The summed E-state index contributed by atoms with van der Waals surface area (Å²) in [5.74, 6) is 3.65. The van der Waals surface area contributed by atoms with E-state index in [-0.39, 0.29) is 0 Å². The summed E-state index contributed by atoms with van der Waals surface area (Å²) in [6, 6.07) is 0. The van der Waals surface area contributed by atoms with Crippen molar-refractivity contribution in [1.82, 2.24) is 20.3 Å². The summed E-state index contributed by atoms with van der Waals surface area (Å²) in [7, 11) is 2.03. The zero-order valence-corrected chi connectivity index (χ0v) is 14.3. The van der Waals surface area contributed by atoms with Crippen molar-refractivity contribution in [2.45, 2.75) is 52.9 Å². The van der Waals surface area contributed by atoms with E-state index in [0.29, 0.717) is 11.8 Å². The van der Waals surface area contributed by atoms with Crippen LogP contribution in [0.2, 0.25) is 0 Å². The van der Waals surface area contributed by atoms with Crippen LogP contribution in [0.25, 0.3) is 0 Å². The predicted octanol–water partition coefficient (Wildman–Crippen LogP) is 3.22. The maximum Gasteiger partial charge on any atom is 0.0728 e. The average Bonchev–Trinajstić information content (AvgIpc) is 2.84. The van der Waals surface area contributed by atoms with Crippen LogP contribution in [-0.2, 0) is 7.05 Å². The lowest BCUT2D eigenvalue weighted by Gasteiger charge is -2.38. The summed E-state index contributed by atoms with van der Waals surface area (Å²) < 4.78 is 1.98. The number of hydrogen-bond acceptors (Lipinski definition) is 3. The van der Waals surface area contributed by atoms with Gasteiger partial charge in [-0.25, -0.2) is 0 Å². The Kier molecular flexibility index (Phi) is 5.80. The van der Waals surface area contributed by atoms with Gasteiger partial charge < -0.3 is 5.32 Å². The molecule has 1 aliphatic rings. The van der Waals surface area contributed by atoms with Gasteiger partial charge in [-0.05, 0) is 56.0 Å². The number of nitrogens with one attached hydrogen (secondary N) is 1. The second-order valence-electron chi connectivity index (χ2n) is 7.52. The van der Waals surface area contributed by atoms with Gasteiger partial charge in [-0.15, -0.1) is 5.10 Å². The van der Waals surface area contributed by atoms with Crippen LogP contribution in [0.4, 0.5) is 0 Å². The van der Waals surface area contributed by atoms with Crippen LogP contribution in [0.3, 0.4) is 0 Å². The van der Waals surface area contributed by atoms with Crippen molar-refractivity contribution in [3.05, 3.63) is 11.9 Å². The number of nitrogens with zero attached hydrogens (tertiary/aromatic N) is 3. The molecule has 0 amide bonds. The summed E-state index contributed by atoms with van der Waals surface area (Å²) in [5.41, 5.74) is 1.32. The molecule has 0 aromatic carbocycles. The monoisotopic (exact) mass is 292 g/mol. The molecule has 1 heterocycles. The fraction of sp³-hybridized carbons (Fsp3) is 0.882. The topological polar surface area (TPSA) is 42.7 Å². The summed E-state index contributed by atoms with van der Waals surface area (Å²) in [4.78, 5) is 0. The Bertz CT molecular complexity index is 422. The van der Waals surface area contributed by atoms with Gasteiger partial charge >= 0.3 is 0 Å². The summed E-state index contributed by atoms with van der Waals surface area (Å²) in [6.07, 6.45) is 5.95. The normalized spacial score (nSPS) is 26.7. The maximum atomic E-state index is 4.15. The van der Waals surface area contributed by atoms with Crippen molar-refractivity contribution >= 4 is 0 Å². The lowest BCUT2D eigenvalue weighted by Crippen LogP contribution is -2.35. The minimum absolute atomic E-state index is 0.603. The quantitative estimate of drug-likeness (QED) is 0.875. The Balaban J connectivity index is 2.05. The Hall–Kier alpha value is -0.900. The van der Waals surface area contributed by atoms with E-state index in [1.807, 2.05) is 17.9 Å². The van der Waals surface area contributed by atoms with Crippen molar-refractivity contribution in [2.24, 2.45) is 30.7 Å². The third-order valence-electron chi connectivity index (χ3n) is 5.07. The van der Waals surface area contributed by atoms with Gasteiger partial charge in [0.15, 0.2) is 0 Å². The lowest BCUT2D eigenvalue weighted by atomic mass is 9.69. The van der Waals surface area contributed by atoms with Crippen LogP contribution in [0.1, 0.15) is 58.6 Å². The highest BCUT2D eigenvalue weighted by Crippen LogP contribution is 2.42. The van der Waals surface area contributed by atoms with E-state index in [4.69, 9.17) is 0 Å². The molecule has 0 radical (unpaired) electrons. The van der Waals surface area contributed by atoms with Crippen LogP contribution >= 0.6 is 0 Å². The van der Waals surface area contributed by atoms with Crippen LogP contribution < -0.4 is 5.32 Å². The number of aryl methyl sites for hydroxylation is 1. The molecule has 0 bridgehead atoms. The molecule has 0 spiro atoms. The Labute approximate surface area is 129 Å². The highest BCUT2D eigenvalue weighted by atomic mass is 15.4. The van der Waals surface area contributed by atoms with Gasteiger partial charge in [0.25, 0.3) is 0 Å². The van der Waals surface area contributed by atoms with E-state index < -0.39 is 0 Å². The van der Waals surface area contributed by atoms with Crippen molar-refractivity contribution in [2.75, 3.05) is 13.1 Å². The Morgan fingerprint density at radius 2 is 2.05 bits per heavy atom. The third-order valence-corrected chi connectivity index (χ3v) is 5.07. The smallest absolute Gasteiger partial charge is 0.0728 e. The standard InChI is InChI=1S/C17H32N4/c1-12(2)9-18-10-15-7-6-14(13(3)4)8-16(15)17-11-19-20-21(17)5/h11-16,18H,6-10H2,1-5H3. The maximum absolute atomic E-state index is 4.15. The zero-order valence-electron chi connectivity index (χ0n) is 14.3. The van der Waals surface area contributed by atoms with E-state index in [1.165, 1.54) is 25.0 Å². The highest BCUT2D eigenvalue weighted by molar-refractivity contribution is 5.08. The first-order valence-corrected chi connectivity index (χ1v) is 8.54. The molecule has 1 aliphatic carbocycles. The van der Waals surface area contributed by atoms with E-state index in [9.17, 15) is 0 Å². The molecule has 1 aromatic rings. The van der Waals surface area contributed by atoms with Crippen LogP contribution in [-0.4, -0.2) is 28.1 Å². The SMILES string of the molecule is CC(C)CNCC1CCC(C(C)C)CC1c1cnnn1C. The van der Waals surface area contributed by atoms with Crippen LogP contribution in [0.15, 0.2) is 6.20 Å². The van der Waals surface area contributed by atoms with Gasteiger partial charge in [-0.2, -0.15) is 0 Å². The van der Waals surface area contributed by atoms with Crippen molar-refractivity contribution in [1.29, 1.82) is 0 Å². The van der Waals surface area contributed by atoms with Gasteiger partial charge in [0, 0.05) is 13.0 Å². The van der Waals surface area contributed by atoms with Gasteiger partial charge in [0.2, 0.25) is 0 Å². The third kappa shape index (κ3) is 4.29. The molecule has 1 saturated carbocycles. The largest absolute Gasteiger partial charge is 0.316 e. The fourth-order valence-electron chi connectivity index (χ4n) is 3.67. The van der Waals surface area contributed by atoms with Gasteiger partial charge in [0.05, 0.1) is 11.9 Å². The molecule has 1 aromatic heterocycles. The molecule has 0 aliphatic heterocycles. The molecule has 0 saturated heterocycles. The molecule has 1 N–H and O–H groups in total. The van der Waals surface area contributed by atoms with Crippen molar-refractivity contribution in [3.8, 4) is 0 Å². The highest BCUT2D eigenvalue weighted by Gasteiger charge is 2.34. The molecular weight excluding hydrogens is 260 g/mol. The van der Waals surface area contributed by atoms with Gasteiger partial charge in [-0.1, -0.05) is 32.9 Å². The van der Waals surface area contributed by atoms with E-state index >= 15 is 0 Å². The molecule has 2 rings (SSSR count). The Morgan fingerprint density at radius 3 is 2.62 bits per heavy atom. The summed E-state index contributed by atoms with van der Waals surface area (Å²) in [6.45, 7) is 11.5. The van der Waals surface area contributed by atoms with Crippen molar-refractivity contribution in [3.63, 3.8) is 0 Å². The first-order valence-electron chi connectivity index (χ1n) is 8.54. The minimum atomic E-state index is 0.603. The molecule has 21 heavy (non-hydrogen) atoms. The van der Waals surface area contributed by atoms with E-state index in [2.05, 4.69) is 43.3 Å². The molecular formula is C17H32N4. The van der Waals surface area contributed by atoms with Gasteiger partial charge in [0.1, 0.15) is 0 Å². The average molecular weight is 292 g/mol. The van der Waals surface area contributed by atoms with E-state index in [0.717, 1.165) is 30.8 Å². The molecule has 3 atom stereocenters.